The first-order valence-corrected chi connectivity index (χ1v) is 20.2. The Kier molecular flexibility index (Phi) is 27.3. The van der Waals surface area contributed by atoms with Crippen molar-refractivity contribution in [2.45, 2.75) is 173 Å². The van der Waals surface area contributed by atoms with E-state index in [9.17, 15) is 9.59 Å². The zero-order valence-corrected chi connectivity index (χ0v) is 37.1. The number of allylic oxidation sites excluding steroid dienone is 11. The number of amides is 1. The van der Waals surface area contributed by atoms with E-state index in [1.54, 1.807) is 6.92 Å². The Morgan fingerprint density at radius 2 is 1.56 bits per heavy atom. The van der Waals surface area contributed by atoms with Crippen LogP contribution >= 0.6 is 11.6 Å². The maximum absolute atomic E-state index is 12.7. The minimum atomic E-state index is -0.488. The molecule has 0 radical (unpaired) electrons. The third kappa shape index (κ3) is 22.3. The largest absolute Gasteiger partial charge is 0.444 e. The average Bonchev–Trinajstić information content (AvgIpc) is 3.05. The highest BCUT2D eigenvalue weighted by Crippen LogP contribution is 2.33. The molecule has 0 aromatic heterocycles. The molecule has 1 saturated heterocycles. The van der Waals surface area contributed by atoms with Gasteiger partial charge in [-0.15, -0.1) is 0 Å². The van der Waals surface area contributed by atoms with E-state index in [1.807, 2.05) is 50.1 Å². The summed E-state index contributed by atoms with van der Waals surface area (Å²) in [6, 6.07) is 0. The number of carbonyl (C=O) groups is 2. The molecule has 1 rings (SSSR count). The van der Waals surface area contributed by atoms with Crippen LogP contribution < -0.4 is 0 Å². The first-order valence-electron chi connectivity index (χ1n) is 19.8. The number of ketones is 1. The molecule has 0 N–H and O–H groups in total. The van der Waals surface area contributed by atoms with Crippen LogP contribution in [0.2, 0.25) is 0 Å². The van der Waals surface area contributed by atoms with Crippen LogP contribution in [0, 0.1) is 5.92 Å². The number of aliphatic imine (C=N–C) groups is 1. The number of unbranched alkanes of at least 4 members (excludes halogenated alkanes) is 1. The molecule has 0 aromatic carbocycles. The van der Waals surface area contributed by atoms with Crippen LogP contribution in [-0.4, -0.2) is 58.2 Å². The van der Waals surface area contributed by atoms with Gasteiger partial charge < -0.3 is 19.3 Å². The highest BCUT2D eigenvalue weighted by molar-refractivity contribution is 6.31. The van der Waals surface area contributed by atoms with Crippen molar-refractivity contribution in [3.8, 4) is 0 Å². The van der Waals surface area contributed by atoms with Crippen molar-refractivity contribution in [3.05, 3.63) is 70.1 Å². The molecule has 1 heterocycles. The van der Waals surface area contributed by atoms with Crippen LogP contribution in [0.5, 0.6) is 0 Å². The van der Waals surface area contributed by atoms with Crippen molar-refractivity contribution < 1.29 is 14.3 Å². The first-order chi connectivity index (χ1) is 24.3. The fraction of sp³-hybridized carbons (Fsp3) is 0.667. The Balaban J connectivity index is 0. The molecular weight excluding hydrogens is 666 g/mol. The first kappa shape index (κ1) is 51.2. The molecule has 0 aliphatic carbocycles. The standard InChI is InChI=1S/C27H47N3O2.C12H19Cl.C6H12O/c1-12-15-16-28-21(5)24(23(14-3)20(4)13-2)22(6)30-18-17-29(19-27(30,10)11)25(31)32-26(7,8)9;1-4-6-7-9-12(13)10-11(3)8-5-2;1-3-4-5-6(2)7/h14-16,20H,12-13,17-19H2,1-11H3;6-7,9-10H,4-5,8H2,1-3H3;3-5H2,1-2H3/b16-15+,23-14-,24-22-,28-21+;7-6+,11-10+,12-9+;. The Morgan fingerprint density at radius 3 is 2.00 bits per heavy atom. The average molecular weight is 745 g/mol. The molecule has 1 amide bonds. The minimum absolute atomic E-state index is 0.224. The Bertz CT molecular complexity index is 1270. The summed E-state index contributed by atoms with van der Waals surface area (Å²) in [6.45, 7) is 35.3. The lowest BCUT2D eigenvalue weighted by atomic mass is 9.86. The summed E-state index contributed by atoms with van der Waals surface area (Å²) < 4.78 is 5.63. The monoisotopic (exact) mass is 744 g/mol. The minimum Gasteiger partial charge on any atom is -0.444 e. The van der Waals surface area contributed by atoms with Crippen molar-refractivity contribution in [1.82, 2.24) is 9.80 Å². The summed E-state index contributed by atoms with van der Waals surface area (Å²) in [7, 11) is 0. The van der Waals surface area contributed by atoms with E-state index < -0.39 is 5.60 Å². The van der Waals surface area contributed by atoms with E-state index in [0.717, 1.165) is 62.2 Å². The van der Waals surface area contributed by atoms with Gasteiger partial charge in [0.1, 0.15) is 11.4 Å². The summed E-state index contributed by atoms with van der Waals surface area (Å²) >= 11 is 5.98. The topological polar surface area (TPSA) is 62.2 Å². The van der Waals surface area contributed by atoms with E-state index in [0.29, 0.717) is 24.8 Å². The lowest BCUT2D eigenvalue weighted by Crippen LogP contribution is -2.60. The van der Waals surface area contributed by atoms with E-state index >= 15 is 0 Å². The van der Waals surface area contributed by atoms with Crippen LogP contribution in [0.4, 0.5) is 4.79 Å². The van der Waals surface area contributed by atoms with Gasteiger partial charge in [-0.3, -0.25) is 4.99 Å². The van der Waals surface area contributed by atoms with Crippen molar-refractivity contribution in [3.63, 3.8) is 0 Å². The van der Waals surface area contributed by atoms with Gasteiger partial charge in [-0.2, -0.15) is 0 Å². The van der Waals surface area contributed by atoms with Crippen molar-refractivity contribution in [2.75, 3.05) is 19.6 Å². The van der Waals surface area contributed by atoms with Crippen LogP contribution in [0.25, 0.3) is 0 Å². The number of nitrogens with zero attached hydrogens (tertiary/aromatic N) is 3. The molecule has 1 atom stereocenters. The molecule has 0 aromatic rings. The fourth-order valence-corrected chi connectivity index (χ4v) is 6.03. The lowest BCUT2D eigenvalue weighted by molar-refractivity contribution is -0.117. The number of hydrogen-bond acceptors (Lipinski definition) is 5. The quantitative estimate of drug-likeness (QED) is 0.124. The van der Waals surface area contributed by atoms with Crippen molar-refractivity contribution in [1.29, 1.82) is 0 Å². The number of hydrogen-bond donors (Lipinski definition) is 0. The van der Waals surface area contributed by atoms with Crippen LogP contribution in [0.15, 0.2) is 75.1 Å². The van der Waals surface area contributed by atoms with Gasteiger partial charge in [0.15, 0.2) is 0 Å². The number of carbonyl (C=O) groups excluding carboxylic acids is 2. The summed E-state index contributed by atoms with van der Waals surface area (Å²) in [5.41, 5.74) is 5.44. The van der Waals surface area contributed by atoms with E-state index in [1.165, 1.54) is 28.8 Å². The zero-order valence-electron chi connectivity index (χ0n) is 36.3. The normalized spacial score (nSPS) is 16.9. The maximum atomic E-state index is 12.7. The molecule has 7 heteroatoms. The lowest BCUT2D eigenvalue weighted by Gasteiger charge is -2.49. The van der Waals surface area contributed by atoms with Crippen LogP contribution in [0.1, 0.15) is 162 Å². The molecule has 6 nitrogen and oxygen atoms in total. The molecule has 298 valence electrons. The van der Waals surface area contributed by atoms with E-state index in [2.05, 4.69) is 106 Å². The van der Waals surface area contributed by atoms with E-state index in [-0.39, 0.29) is 11.6 Å². The van der Waals surface area contributed by atoms with Gasteiger partial charge in [-0.1, -0.05) is 95.9 Å². The SMILES string of the molecule is CC/C=C/C=C(Cl)\C=C(/C)CCC.CCCCC(C)=O.C\C=C(C(/C(C)=N/C=C/CC)=C(/C)N1CCN(C(=O)OC(C)(C)C)CC1(C)C)\C(C)CC. The molecule has 52 heavy (non-hydrogen) atoms. The predicted octanol–water partition coefficient (Wildman–Crippen LogP) is 13.6. The Labute approximate surface area is 326 Å². The molecule has 0 saturated carbocycles. The summed E-state index contributed by atoms with van der Waals surface area (Å²) in [5, 5.41) is 0.815. The van der Waals surface area contributed by atoms with Gasteiger partial charge in [0.05, 0.1) is 5.54 Å². The third-order valence-corrected chi connectivity index (χ3v) is 8.81. The van der Waals surface area contributed by atoms with Crippen LogP contribution in [0.3, 0.4) is 0 Å². The molecular formula is C45H78ClN3O3. The highest BCUT2D eigenvalue weighted by atomic mass is 35.5. The second-order valence-corrected chi connectivity index (χ2v) is 15.8. The zero-order chi connectivity index (χ0) is 40.5. The summed E-state index contributed by atoms with van der Waals surface area (Å²) in [5.74, 6) is 0.748. The molecule has 1 aliphatic heterocycles. The van der Waals surface area contributed by atoms with Gasteiger partial charge >= 0.3 is 6.09 Å². The number of rotatable bonds is 15. The van der Waals surface area contributed by atoms with Crippen molar-refractivity contribution in [2.24, 2.45) is 10.9 Å². The maximum Gasteiger partial charge on any atom is 0.410 e. The van der Waals surface area contributed by atoms with Gasteiger partial charge in [0, 0.05) is 54.3 Å². The van der Waals surface area contributed by atoms with E-state index in [4.69, 9.17) is 21.3 Å². The second kappa shape index (κ2) is 27.7. The fourth-order valence-electron chi connectivity index (χ4n) is 5.77. The van der Waals surface area contributed by atoms with Gasteiger partial charge in [0.2, 0.25) is 0 Å². The summed E-state index contributed by atoms with van der Waals surface area (Å²) in [6.07, 6.45) is 22.4. The summed E-state index contributed by atoms with van der Waals surface area (Å²) in [4.78, 5) is 31.9. The molecule has 0 bridgehead atoms. The predicted molar refractivity (Wildman–Crippen MR) is 229 cm³/mol. The number of halogens is 1. The third-order valence-electron chi connectivity index (χ3n) is 8.57. The molecule has 1 aliphatic rings. The van der Waals surface area contributed by atoms with Gasteiger partial charge in [-0.25, -0.2) is 4.79 Å². The molecule has 1 fully saturated rings. The Morgan fingerprint density at radius 1 is 0.942 bits per heavy atom. The number of Topliss-reactive ketones (excluding diaryl/α,β-unsaturated/α-hetero) is 1. The van der Waals surface area contributed by atoms with Gasteiger partial charge in [0.25, 0.3) is 0 Å². The second-order valence-electron chi connectivity index (χ2n) is 15.3. The molecule has 0 spiro atoms. The van der Waals surface area contributed by atoms with Crippen LogP contribution in [-0.2, 0) is 9.53 Å². The van der Waals surface area contributed by atoms with Gasteiger partial charge in [-0.05, 0) is 125 Å². The number of piperazine rings is 1. The smallest absolute Gasteiger partial charge is 0.410 e. The highest BCUT2D eigenvalue weighted by Gasteiger charge is 2.38. The Hall–Kier alpha value is -2.86. The van der Waals surface area contributed by atoms with Crippen molar-refractivity contribution >= 4 is 29.2 Å². The number of ether oxygens (including phenoxy) is 1. The molecule has 1 unspecified atom stereocenters.